The van der Waals surface area contributed by atoms with Crippen LogP contribution in [0.3, 0.4) is 0 Å². The molecule has 0 radical (unpaired) electrons. The van der Waals surface area contributed by atoms with Crippen molar-refractivity contribution >= 4 is 47.1 Å². The highest BCUT2D eigenvalue weighted by molar-refractivity contribution is 6.04. The second-order valence-electron chi connectivity index (χ2n) is 6.50. The van der Waals surface area contributed by atoms with Crippen LogP contribution in [0.1, 0.15) is 34.6 Å². The van der Waals surface area contributed by atoms with Crippen LogP contribution < -0.4 is 10.6 Å². The molecule has 0 heterocycles. The number of hydrogen-bond acceptors (Lipinski definition) is 8. The van der Waals surface area contributed by atoms with Gasteiger partial charge in [-0.2, -0.15) is 0 Å². The van der Waals surface area contributed by atoms with Crippen LogP contribution in [-0.2, 0) is 28.7 Å². The SMILES string of the molecule is CC(=O)Nc1ccc(C(=O)OC(=O)/C=C/C(=O)OC(=O)c2ccc(NC(C)=O)c(F)c2)cc1F. The molecule has 10 nitrogen and oxygen atoms in total. The first-order chi connectivity index (χ1) is 16.0. The second kappa shape index (κ2) is 11.2. The monoisotopic (exact) mass is 474 g/mol. The molecule has 0 aliphatic rings. The lowest BCUT2D eigenvalue weighted by atomic mass is 10.2. The van der Waals surface area contributed by atoms with Crippen molar-refractivity contribution in [1.82, 2.24) is 0 Å². The van der Waals surface area contributed by atoms with E-state index in [0.29, 0.717) is 12.2 Å². The number of rotatable bonds is 6. The highest BCUT2D eigenvalue weighted by Gasteiger charge is 2.17. The Morgan fingerprint density at radius 3 is 1.32 bits per heavy atom. The molecule has 0 aliphatic heterocycles. The summed E-state index contributed by atoms with van der Waals surface area (Å²) in [5.74, 6) is -8.12. The quantitative estimate of drug-likeness (QED) is 0.369. The topological polar surface area (TPSA) is 145 Å². The number of ether oxygens (including phenoxy) is 2. The number of hydrogen-bond donors (Lipinski definition) is 2. The van der Waals surface area contributed by atoms with Crippen LogP contribution in [0, 0.1) is 11.6 Å². The molecule has 0 fully saturated rings. The number of benzene rings is 2. The largest absolute Gasteiger partial charge is 0.386 e. The smallest absolute Gasteiger partial charge is 0.346 e. The summed E-state index contributed by atoms with van der Waals surface area (Å²) in [6, 6.07) is 5.82. The zero-order valence-corrected chi connectivity index (χ0v) is 17.6. The van der Waals surface area contributed by atoms with E-state index in [1.54, 1.807) is 0 Å². The Morgan fingerprint density at radius 1 is 0.676 bits per heavy atom. The van der Waals surface area contributed by atoms with Crippen LogP contribution in [0.5, 0.6) is 0 Å². The van der Waals surface area contributed by atoms with Gasteiger partial charge < -0.3 is 20.1 Å². The molecule has 0 aromatic heterocycles. The van der Waals surface area contributed by atoms with Gasteiger partial charge in [0, 0.05) is 26.0 Å². The first-order valence-corrected chi connectivity index (χ1v) is 9.31. The van der Waals surface area contributed by atoms with E-state index < -0.39 is 47.3 Å². The van der Waals surface area contributed by atoms with E-state index in [1.165, 1.54) is 0 Å². The number of carbonyl (C=O) groups is 6. The van der Waals surface area contributed by atoms with Crippen molar-refractivity contribution in [2.75, 3.05) is 10.6 Å². The third kappa shape index (κ3) is 7.44. The van der Waals surface area contributed by atoms with Crippen molar-refractivity contribution in [3.8, 4) is 0 Å². The molecule has 0 spiro atoms. The molecule has 2 aromatic carbocycles. The van der Waals surface area contributed by atoms with Crippen molar-refractivity contribution < 1.29 is 47.0 Å². The molecular weight excluding hydrogens is 458 g/mol. The molecule has 2 amide bonds. The number of esters is 4. The van der Waals surface area contributed by atoms with Gasteiger partial charge in [0.15, 0.2) is 0 Å². The minimum absolute atomic E-state index is 0.188. The van der Waals surface area contributed by atoms with E-state index in [1.807, 2.05) is 0 Å². The fourth-order valence-corrected chi connectivity index (χ4v) is 2.37. The van der Waals surface area contributed by atoms with E-state index in [2.05, 4.69) is 20.1 Å². The summed E-state index contributed by atoms with van der Waals surface area (Å²) in [6.07, 6.45) is 0.964. The highest BCUT2D eigenvalue weighted by Crippen LogP contribution is 2.17. The Hall–Kier alpha value is -4.74. The van der Waals surface area contributed by atoms with Crippen LogP contribution in [0.4, 0.5) is 20.2 Å². The first kappa shape index (κ1) is 25.5. The van der Waals surface area contributed by atoms with E-state index >= 15 is 0 Å². The van der Waals surface area contributed by atoms with Crippen LogP contribution in [-0.4, -0.2) is 35.7 Å². The summed E-state index contributed by atoms with van der Waals surface area (Å²) < 4.78 is 36.6. The molecule has 2 N–H and O–H groups in total. The van der Waals surface area contributed by atoms with Crippen molar-refractivity contribution in [3.05, 3.63) is 71.3 Å². The summed E-state index contributed by atoms with van der Waals surface area (Å²) in [6.45, 7) is 2.32. The van der Waals surface area contributed by atoms with Crippen LogP contribution >= 0.6 is 0 Å². The van der Waals surface area contributed by atoms with Gasteiger partial charge in [-0.15, -0.1) is 0 Å². The summed E-state index contributed by atoms with van der Waals surface area (Å²) in [7, 11) is 0. The van der Waals surface area contributed by atoms with Crippen molar-refractivity contribution in [1.29, 1.82) is 0 Å². The molecule has 0 saturated heterocycles. The van der Waals surface area contributed by atoms with Crippen LogP contribution in [0.2, 0.25) is 0 Å². The van der Waals surface area contributed by atoms with Crippen LogP contribution in [0.15, 0.2) is 48.6 Å². The standard InChI is InChI=1S/C22H16F2N2O8/c1-11(27)25-17-5-3-13(9-15(17)23)21(31)33-19(29)7-8-20(30)34-22(32)14-4-6-18(16(24)10-14)26-12(2)28/h3-10H,1-2H3,(H,25,27)(H,26,28)/b8-7+. The molecule has 34 heavy (non-hydrogen) atoms. The predicted octanol–water partition coefficient (Wildman–Crippen LogP) is 2.50. The summed E-state index contributed by atoms with van der Waals surface area (Å²) >= 11 is 0. The van der Waals surface area contributed by atoms with E-state index in [0.717, 1.165) is 50.2 Å². The van der Waals surface area contributed by atoms with Gasteiger partial charge in [-0.1, -0.05) is 0 Å². The third-order valence-corrected chi connectivity index (χ3v) is 3.77. The van der Waals surface area contributed by atoms with Gasteiger partial charge in [-0.25, -0.2) is 28.0 Å². The molecule has 2 rings (SSSR count). The molecule has 0 atom stereocenters. The first-order valence-electron chi connectivity index (χ1n) is 9.31. The fourth-order valence-electron chi connectivity index (χ4n) is 2.37. The minimum Gasteiger partial charge on any atom is -0.386 e. The van der Waals surface area contributed by atoms with Crippen molar-refractivity contribution in [2.45, 2.75) is 13.8 Å². The summed E-state index contributed by atoms with van der Waals surface area (Å²) in [5.41, 5.74) is -1.08. The van der Waals surface area contributed by atoms with Crippen molar-refractivity contribution in [2.24, 2.45) is 0 Å². The maximum atomic E-state index is 13.9. The van der Waals surface area contributed by atoms with Gasteiger partial charge in [-0.05, 0) is 36.4 Å². The second-order valence-corrected chi connectivity index (χ2v) is 6.50. The summed E-state index contributed by atoms with van der Waals surface area (Å²) in [4.78, 5) is 69.1. The summed E-state index contributed by atoms with van der Waals surface area (Å²) in [5, 5.41) is 4.39. The predicted molar refractivity (Wildman–Crippen MR) is 111 cm³/mol. The Balaban J connectivity index is 1.94. The highest BCUT2D eigenvalue weighted by atomic mass is 19.1. The molecule has 0 unspecified atom stereocenters. The van der Waals surface area contributed by atoms with Gasteiger partial charge in [0.2, 0.25) is 11.8 Å². The lowest BCUT2D eigenvalue weighted by Gasteiger charge is -2.06. The Kier molecular flexibility index (Phi) is 8.42. The van der Waals surface area contributed by atoms with Gasteiger partial charge >= 0.3 is 23.9 Å². The number of carbonyl (C=O) groups excluding carboxylic acids is 6. The third-order valence-electron chi connectivity index (χ3n) is 3.77. The van der Waals surface area contributed by atoms with Crippen molar-refractivity contribution in [3.63, 3.8) is 0 Å². The maximum absolute atomic E-state index is 13.9. The van der Waals surface area contributed by atoms with E-state index in [9.17, 15) is 37.5 Å². The fraction of sp³-hybridized carbons (Fsp3) is 0.0909. The molecule has 0 bridgehead atoms. The molecule has 0 saturated carbocycles. The molecule has 176 valence electrons. The number of nitrogens with one attached hydrogen (secondary N) is 2. The molecule has 12 heteroatoms. The van der Waals surface area contributed by atoms with E-state index in [4.69, 9.17) is 0 Å². The van der Waals surface area contributed by atoms with Gasteiger partial charge in [0.1, 0.15) is 11.6 Å². The zero-order valence-electron chi connectivity index (χ0n) is 17.6. The number of halogens is 2. The lowest BCUT2D eigenvalue weighted by molar-refractivity contribution is -0.135. The van der Waals surface area contributed by atoms with Gasteiger partial charge in [0.25, 0.3) is 0 Å². The molecule has 0 aliphatic carbocycles. The average molecular weight is 474 g/mol. The number of amides is 2. The normalized spacial score (nSPS) is 10.4. The Bertz CT molecular complexity index is 1130. The molecule has 2 aromatic rings. The van der Waals surface area contributed by atoms with Gasteiger partial charge in [0.05, 0.1) is 22.5 Å². The maximum Gasteiger partial charge on any atom is 0.346 e. The zero-order chi connectivity index (χ0) is 25.4. The van der Waals surface area contributed by atoms with Gasteiger partial charge in [-0.3, -0.25) is 9.59 Å². The molecular formula is C22H16F2N2O8. The minimum atomic E-state index is -1.33. The number of anilines is 2. The van der Waals surface area contributed by atoms with Crippen LogP contribution in [0.25, 0.3) is 0 Å². The van der Waals surface area contributed by atoms with E-state index in [-0.39, 0.29) is 22.5 Å². The Labute approximate surface area is 190 Å². The lowest BCUT2D eigenvalue weighted by Crippen LogP contribution is -2.14. The average Bonchev–Trinajstić information content (AvgIpc) is 2.74. The Morgan fingerprint density at radius 2 is 1.03 bits per heavy atom.